The Kier molecular flexibility index (Phi) is 4.07. The lowest BCUT2D eigenvalue weighted by Crippen LogP contribution is -2.48. The highest BCUT2D eigenvalue weighted by Gasteiger charge is 2.40. The fraction of sp³-hybridized carbons (Fsp3) is 0.833. The molecule has 2 atom stereocenters. The standard InChI is InChI=1S/C12H18F2N2O/c1-3-11(2,8-15)16-10(17)9-5-4-6-12(13,14)7-9/h9H,3-7H2,1-2H3,(H,16,17). The summed E-state index contributed by atoms with van der Waals surface area (Å²) in [7, 11) is 0. The lowest BCUT2D eigenvalue weighted by atomic mass is 9.85. The number of alkyl halides is 2. The minimum absolute atomic E-state index is 0.139. The van der Waals surface area contributed by atoms with Crippen LogP contribution < -0.4 is 5.32 Å². The van der Waals surface area contributed by atoms with Gasteiger partial charge in [-0.2, -0.15) is 5.26 Å². The average Bonchev–Trinajstić information content (AvgIpc) is 2.27. The molecule has 17 heavy (non-hydrogen) atoms. The summed E-state index contributed by atoms with van der Waals surface area (Å²) in [5.74, 6) is -3.83. The maximum atomic E-state index is 13.2. The van der Waals surface area contributed by atoms with E-state index in [2.05, 4.69) is 5.32 Å². The van der Waals surface area contributed by atoms with Crippen LogP contribution in [-0.4, -0.2) is 17.4 Å². The molecule has 0 spiro atoms. The molecule has 0 saturated heterocycles. The minimum Gasteiger partial charge on any atom is -0.338 e. The van der Waals surface area contributed by atoms with Crippen LogP contribution >= 0.6 is 0 Å². The molecule has 5 heteroatoms. The Balaban J connectivity index is 2.62. The summed E-state index contributed by atoms with van der Waals surface area (Å²) in [6, 6.07) is 2.00. The normalized spacial score (nSPS) is 26.6. The van der Waals surface area contributed by atoms with Crippen molar-refractivity contribution >= 4 is 5.91 Å². The van der Waals surface area contributed by atoms with E-state index in [1.165, 1.54) is 0 Å². The third kappa shape index (κ3) is 3.65. The van der Waals surface area contributed by atoms with Crippen LogP contribution in [-0.2, 0) is 4.79 Å². The molecule has 1 N–H and O–H groups in total. The molecule has 0 radical (unpaired) electrons. The fourth-order valence-electron chi connectivity index (χ4n) is 1.96. The number of carbonyl (C=O) groups is 1. The molecule has 2 unspecified atom stereocenters. The van der Waals surface area contributed by atoms with E-state index in [-0.39, 0.29) is 6.42 Å². The lowest BCUT2D eigenvalue weighted by molar-refractivity contribution is -0.133. The predicted molar refractivity (Wildman–Crippen MR) is 59.4 cm³/mol. The van der Waals surface area contributed by atoms with Gasteiger partial charge in [0.05, 0.1) is 6.07 Å². The Morgan fingerprint density at radius 2 is 2.29 bits per heavy atom. The summed E-state index contributed by atoms with van der Waals surface area (Å²) in [5, 5.41) is 11.5. The van der Waals surface area contributed by atoms with Gasteiger partial charge in [0.1, 0.15) is 5.54 Å². The molecule has 1 saturated carbocycles. The third-order valence-corrected chi connectivity index (χ3v) is 3.36. The molecule has 1 rings (SSSR count). The van der Waals surface area contributed by atoms with Crippen LogP contribution in [0.4, 0.5) is 8.78 Å². The second-order valence-corrected chi connectivity index (χ2v) is 4.94. The number of hydrogen-bond donors (Lipinski definition) is 1. The molecule has 96 valence electrons. The zero-order valence-electron chi connectivity index (χ0n) is 10.2. The maximum Gasteiger partial charge on any atom is 0.248 e. The second-order valence-electron chi connectivity index (χ2n) is 4.94. The highest BCUT2D eigenvalue weighted by atomic mass is 19.3. The highest BCUT2D eigenvalue weighted by molar-refractivity contribution is 5.80. The van der Waals surface area contributed by atoms with Gasteiger partial charge >= 0.3 is 0 Å². The van der Waals surface area contributed by atoms with Crippen molar-refractivity contribution in [3.63, 3.8) is 0 Å². The summed E-state index contributed by atoms with van der Waals surface area (Å²) in [4.78, 5) is 11.8. The molecular formula is C12H18F2N2O. The quantitative estimate of drug-likeness (QED) is 0.829. The Labute approximate surface area is 100 Å². The van der Waals surface area contributed by atoms with Gasteiger partial charge < -0.3 is 5.32 Å². The van der Waals surface area contributed by atoms with Crippen molar-refractivity contribution in [2.45, 2.75) is 57.4 Å². The molecule has 0 aromatic heterocycles. The van der Waals surface area contributed by atoms with Gasteiger partial charge in [0.25, 0.3) is 0 Å². The average molecular weight is 244 g/mol. The number of halogens is 2. The number of carbonyl (C=O) groups excluding carboxylic acids is 1. The fourth-order valence-corrected chi connectivity index (χ4v) is 1.96. The van der Waals surface area contributed by atoms with Crippen molar-refractivity contribution in [1.29, 1.82) is 5.26 Å². The summed E-state index contributed by atoms with van der Waals surface area (Å²) < 4.78 is 26.3. The molecule has 1 amide bonds. The number of nitriles is 1. The Morgan fingerprint density at radius 1 is 1.65 bits per heavy atom. The van der Waals surface area contributed by atoms with E-state index in [0.29, 0.717) is 19.3 Å². The molecule has 0 aromatic rings. The smallest absolute Gasteiger partial charge is 0.248 e. The predicted octanol–water partition coefficient (Wildman–Crippen LogP) is 2.62. The number of nitrogens with zero attached hydrogens (tertiary/aromatic N) is 1. The SMILES string of the molecule is CCC(C)(C#N)NC(=O)C1CCCC(F)(F)C1. The van der Waals surface area contributed by atoms with Crippen molar-refractivity contribution in [3.05, 3.63) is 0 Å². The number of hydrogen-bond acceptors (Lipinski definition) is 2. The zero-order chi connectivity index (χ0) is 13.1. The van der Waals surface area contributed by atoms with Crippen molar-refractivity contribution in [3.8, 4) is 6.07 Å². The van der Waals surface area contributed by atoms with E-state index in [0.717, 1.165) is 0 Å². The van der Waals surface area contributed by atoms with E-state index in [1.54, 1.807) is 13.8 Å². The first-order valence-corrected chi connectivity index (χ1v) is 5.93. The zero-order valence-corrected chi connectivity index (χ0v) is 10.2. The molecule has 3 nitrogen and oxygen atoms in total. The van der Waals surface area contributed by atoms with Gasteiger partial charge in [-0.15, -0.1) is 0 Å². The summed E-state index contributed by atoms with van der Waals surface area (Å²) >= 11 is 0. The number of rotatable bonds is 3. The van der Waals surface area contributed by atoms with Gasteiger partial charge in [0, 0.05) is 18.8 Å². The van der Waals surface area contributed by atoms with E-state index in [1.807, 2.05) is 6.07 Å². The summed E-state index contributed by atoms with van der Waals surface area (Å²) in [6.45, 7) is 3.38. The monoisotopic (exact) mass is 244 g/mol. The van der Waals surface area contributed by atoms with Crippen LogP contribution in [0.15, 0.2) is 0 Å². The van der Waals surface area contributed by atoms with Crippen LogP contribution in [0.2, 0.25) is 0 Å². The van der Waals surface area contributed by atoms with E-state index in [9.17, 15) is 13.6 Å². The van der Waals surface area contributed by atoms with Gasteiger partial charge in [-0.05, 0) is 26.2 Å². The molecule has 1 aliphatic rings. The molecule has 0 aromatic carbocycles. The first kappa shape index (κ1) is 13.9. The molecule has 0 aliphatic heterocycles. The van der Waals surface area contributed by atoms with E-state index in [4.69, 9.17) is 5.26 Å². The summed E-state index contributed by atoms with van der Waals surface area (Å²) in [5.41, 5.74) is -0.955. The van der Waals surface area contributed by atoms with Gasteiger partial charge in [0.2, 0.25) is 11.8 Å². The second kappa shape index (κ2) is 4.99. The van der Waals surface area contributed by atoms with Gasteiger partial charge in [-0.25, -0.2) is 8.78 Å². The van der Waals surface area contributed by atoms with Crippen LogP contribution in [0.3, 0.4) is 0 Å². The van der Waals surface area contributed by atoms with Crippen LogP contribution in [0, 0.1) is 17.2 Å². The third-order valence-electron chi connectivity index (χ3n) is 3.36. The van der Waals surface area contributed by atoms with Crippen molar-refractivity contribution in [2.24, 2.45) is 5.92 Å². The number of amides is 1. The van der Waals surface area contributed by atoms with E-state index >= 15 is 0 Å². The Morgan fingerprint density at radius 3 is 2.76 bits per heavy atom. The first-order chi connectivity index (χ1) is 7.82. The van der Waals surface area contributed by atoms with Crippen molar-refractivity contribution in [1.82, 2.24) is 5.32 Å². The topological polar surface area (TPSA) is 52.9 Å². The molecular weight excluding hydrogens is 226 g/mol. The Hall–Kier alpha value is -1.18. The molecule has 0 heterocycles. The van der Waals surface area contributed by atoms with Crippen molar-refractivity contribution < 1.29 is 13.6 Å². The van der Waals surface area contributed by atoms with E-state index < -0.39 is 29.7 Å². The highest BCUT2D eigenvalue weighted by Crippen LogP contribution is 2.36. The number of nitrogens with one attached hydrogen (secondary N) is 1. The van der Waals surface area contributed by atoms with Gasteiger partial charge in [-0.3, -0.25) is 4.79 Å². The Bertz CT molecular complexity index is 338. The van der Waals surface area contributed by atoms with Crippen LogP contribution in [0.5, 0.6) is 0 Å². The first-order valence-electron chi connectivity index (χ1n) is 5.93. The summed E-state index contributed by atoms with van der Waals surface area (Å²) in [6.07, 6.45) is 0.760. The molecule has 0 bridgehead atoms. The largest absolute Gasteiger partial charge is 0.338 e. The maximum absolute atomic E-state index is 13.2. The molecule has 1 aliphatic carbocycles. The van der Waals surface area contributed by atoms with Crippen LogP contribution in [0.1, 0.15) is 46.0 Å². The lowest BCUT2D eigenvalue weighted by Gasteiger charge is -2.30. The van der Waals surface area contributed by atoms with Crippen molar-refractivity contribution in [2.75, 3.05) is 0 Å². The van der Waals surface area contributed by atoms with Crippen LogP contribution in [0.25, 0.3) is 0 Å². The minimum atomic E-state index is -2.74. The van der Waals surface area contributed by atoms with Gasteiger partial charge in [-0.1, -0.05) is 6.92 Å². The molecule has 1 fully saturated rings. The van der Waals surface area contributed by atoms with Gasteiger partial charge in [0.15, 0.2) is 0 Å².